The number of carbonyl (C=O) groups excluding carboxylic acids is 2. The van der Waals surface area contributed by atoms with Crippen LogP contribution in [0.2, 0.25) is 5.02 Å². The number of hydrogen-bond acceptors (Lipinski definition) is 4. The molecule has 0 saturated heterocycles. The summed E-state index contributed by atoms with van der Waals surface area (Å²) in [6, 6.07) is 30.7. The van der Waals surface area contributed by atoms with Crippen LogP contribution >= 0.6 is 11.6 Å². The number of sulfonamides is 1. The minimum Gasteiger partial charge on any atom is -0.352 e. The Morgan fingerprint density at radius 2 is 1.43 bits per heavy atom. The molecule has 9 heteroatoms. The van der Waals surface area contributed by atoms with E-state index in [0.717, 1.165) is 15.4 Å². The highest BCUT2D eigenvalue weighted by Gasteiger charge is 2.35. The molecule has 0 aromatic heterocycles. The molecule has 0 aliphatic rings. The van der Waals surface area contributed by atoms with E-state index in [2.05, 4.69) is 5.32 Å². The summed E-state index contributed by atoms with van der Waals surface area (Å²) in [5.41, 5.74) is 2.78. The van der Waals surface area contributed by atoms with Gasteiger partial charge < -0.3 is 10.2 Å². The Balaban J connectivity index is 1.83. The number of anilines is 1. The average Bonchev–Trinajstić information content (AvgIpc) is 3.02. The summed E-state index contributed by atoms with van der Waals surface area (Å²) in [6.45, 7) is 5.20. The molecule has 4 rings (SSSR count). The summed E-state index contributed by atoms with van der Waals surface area (Å²) in [5, 5.41) is 3.46. The van der Waals surface area contributed by atoms with Gasteiger partial charge in [-0.3, -0.25) is 13.9 Å². The molecule has 4 aromatic carbocycles. The first-order chi connectivity index (χ1) is 21.1. The number of rotatable bonds is 13. The van der Waals surface area contributed by atoms with Crippen molar-refractivity contribution in [3.8, 4) is 0 Å². The van der Waals surface area contributed by atoms with Crippen LogP contribution in [-0.4, -0.2) is 43.8 Å². The summed E-state index contributed by atoms with van der Waals surface area (Å²) in [5.74, 6) is -0.846. The van der Waals surface area contributed by atoms with Crippen LogP contribution < -0.4 is 9.62 Å². The second kappa shape index (κ2) is 15.0. The number of carbonyl (C=O) groups is 2. The summed E-state index contributed by atoms with van der Waals surface area (Å²) in [6.07, 6.45) is 0.799. The molecule has 0 radical (unpaired) electrons. The minimum atomic E-state index is -4.15. The predicted octanol–water partition coefficient (Wildman–Crippen LogP) is 6.26. The van der Waals surface area contributed by atoms with E-state index in [0.29, 0.717) is 22.7 Å². The molecule has 0 fully saturated rings. The van der Waals surface area contributed by atoms with Crippen molar-refractivity contribution in [1.29, 1.82) is 0 Å². The van der Waals surface area contributed by atoms with E-state index in [-0.39, 0.29) is 29.8 Å². The molecule has 1 N–H and O–H groups in total. The van der Waals surface area contributed by atoms with Crippen molar-refractivity contribution in [2.24, 2.45) is 0 Å². The van der Waals surface area contributed by atoms with Crippen LogP contribution in [0.1, 0.15) is 37.5 Å². The highest BCUT2D eigenvalue weighted by atomic mass is 35.5. The molecule has 1 atom stereocenters. The number of aryl methyl sites for hydroxylation is 1. The summed E-state index contributed by atoms with van der Waals surface area (Å²) in [4.78, 5) is 29.8. The van der Waals surface area contributed by atoms with Crippen molar-refractivity contribution >= 4 is 39.1 Å². The highest BCUT2D eigenvalue weighted by Crippen LogP contribution is 2.28. The zero-order valence-corrected chi connectivity index (χ0v) is 26.8. The average molecular weight is 632 g/mol. The zero-order chi connectivity index (χ0) is 31.7. The van der Waals surface area contributed by atoms with E-state index in [4.69, 9.17) is 11.6 Å². The maximum Gasteiger partial charge on any atom is 0.264 e. The van der Waals surface area contributed by atoms with E-state index in [1.54, 1.807) is 48.5 Å². The largest absolute Gasteiger partial charge is 0.352 e. The maximum atomic E-state index is 14.5. The lowest BCUT2D eigenvalue weighted by atomic mass is 10.0. The molecule has 0 spiro atoms. The summed E-state index contributed by atoms with van der Waals surface area (Å²) in [7, 11) is -4.15. The standard InChI is InChI=1S/C35H38ClN3O4S/c1-4-29-17-11-12-21-32(29)39(44(42,43)31-19-9-6-10-20-31)25-34(40)38(24-28-16-13-18-30(36)22-28)33(35(41)37-26(2)3)23-27-14-7-5-8-15-27/h5-22,26,33H,4,23-25H2,1-3H3,(H,37,41). The monoisotopic (exact) mass is 631 g/mol. The highest BCUT2D eigenvalue weighted by molar-refractivity contribution is 7.92. The Morgan fingerprint density at radius 3 is 2.07 bits per heavy atom. The van der Waals surface area contributed by atoms with Crippen LogP contribution in [0.4, 0.5) is 5.69 Å². The van der Waals surface area contributed by atoms with Crippen molar-refractivity contribution in [2.75, 3.05) is 10.8 Å². The van der Waals surface area contributed by atoms with Crippen LogP contribution in [0.5, 0.6) is 0 Å². The molecule has 2 amide bonds. The van der Waals surface area contributed by atoms with E-state index < -0.39 is 28.5 Å². The Bertz CT molecular complexity index is 1660. The Hall–Kier alpha value is -4.14. The van der Waals surface area contributed by atoms with Crippen molar-refractivity contribution < 1.29 is 18.0 Å². The molecular weight excluding hydrogens is 594 g/mol. The molecule has 230 valence electrons. The van der Waals surface area contributed by atoms with Gasteiger partial charge in [-0.05, 0) is 67.3 Å². The fraction of sp³-hybridized carbons (Fsp3) is 0.257. The minimum absolute atomic E-state index is 0.0526. The van der Waals surface area contributed by atoms with Gasteiger partial charge in [0.15, 0.2) is 0 Å². The first-order valence-corrected chi connectivity index (χ1v) is 16.5. The van der Waals surface area contributed by atoms with Gasteiger partial charge in [-0.15, -0.1) is 0 Å². The van der Waals surface area contributed by atoms with Crippen LogP contribution in [0.25, 0.3) is 0 Å². The molecule has 0 aliphatic carbocycles. The second-order valence-electron chi connectivity index (χ2n) is 10.8. The first kappa shape index (κ1) is 32.8. The Labute approximate surface area is 265 Å². The van der Waals surface area contributed by atoms with Gasteiger partial charge in [0.2, 0.25) is 11.8 Å². The molecule has 0 saturated carbocycles. The zero-order valence-electron chi connectivity index (χ0n) is 25.2. The quantitative estimate of drug-likeness (QED) is 0.189. The van der Waals surface area contributed by atoms with Crippen molar-refractivity contribution in [3.05, 3.63) is 131 Å². The van der Waals surface area contributed by atoms with Crippen molar-refractivity contribution in [3.63, 3.8) is 0 Å². The molecule has 0 bridgehead atoms. The lowest BCUT2D eigenvalue weighted by molar-refractivity contribution is -0.140. The molecular formula is C35H38ClN3O4S. The predicted molar refractivity (Wildman–Crippen MR) is 176 cm³/mol. The normalized spacial score (nSPS) is 12.0. The van der Waals surface area contributed by atoms with E-state index in [1.807, 2.05) is 69.3 Å². The van der Waals surface area contributed by atoms with E-state index >= 15 is 0 Å². The van der Waals surface area contributed by atoms with Gasteiger partial charge in [-0.2, -0.15) is 0 Å². The van der Waals surface area contributed by atoms with Gasteiger partial charge >= 0.3 is 0 Å². The first-order valence-electron chi connectivity index (χ1n) is 14.6. The molecule has 4 aromatic rings. The lowest BCUT2D eigenvalue weighted by Crippen LogP contribution is -2.54. The van der Waals surface area contributed by atoms with Crippen LogP contribution in [0.3, 0.4) is 0 Å². The summed E-state index contributed by atoms with van der Waals surface area (Å²) >= 11 is 6.30. The van der Waals surface area contributed by atoms with Gasteiger partial charge in [0.05, 0.1) is 10.6 Å². The molecule has 0 aliphatic heterocycles. The number of nitrogens with zero attached hydrogens (tertiary/aromatic N) is 2. The van der Waals surface area contributed by atoms with Crippen LogP contribution in [0.15, 0.2) is 114 Å². The van der Waals surface area contributed by atoms with E-state index in [1.165, 1.54) is 17.0 Å². The number of benzene rings is 4. The fourth-order valence-electron chi connectivity index (χ4n) is 5.05. The SMILES string of the molecule is CCc1ccccc1N(CC(=O)N(Cc1cccc(Cl)c1)C(Cc1ccccc1)C(=O)NC(C)C)S(=O)(=O)c1ccccc1. The maximum absolute atomic E-state index is 14.5. The van der Waals surface area contributed by atoms with Gasteiger partial charge in [0.25, 0.3) is 10.0 Å². The number of hydrogen-bond donors (Lipinski definition) is 1. The Morgan fingerprint density at radius 1 is 0.818 bits per heavy atom. The number of halogens is 1. The molecule has 0 heterocycles. The fourth-order valence-corrected chi connectivity index (χ4v) is 6.74. The van der Waals surface area contributed by atoms with Crippen LogP contribution in [0, 0.1) is 0 Å². The summed E-state index contributed by atoms with van der Waals surface area (Å²) < 4.78 is 29.5. The Kier molecular flexibility index (Phi) is 11.2. The molecule has 1 unspecified atom stereocenters. The lowest BCUT2D eigenvalue weighted by Gasteiger charge is -2.34. The third-order valence-corrected chi connectivity index (χ3v) is 9.20. The third kappa shape index (κ3) is 8.27. The second-order valence-corrected chi connectivity index (χ2v) is 13.1. The van der Waals surface area contributed by atoms with Gasteiger partial charge in [0.1, 0.15) is 12.6 Å². The smallest absolute Gasteiger partial charge is 0.264 e. The van der Waals surface area contributed by atoms with E-state index in [9.17, 15) is 18.0 Å². The third-order valence-electron chi connectivity index (χ3n) is 7.20. The molecule has 44 heavy (non-hydrogen) atoms. The number of amides is 2. The van der Waals surface area contributed by atoms with Crippen LogP contribution in [-0.2, 0) is 39.0 Å². The van der Waals surface area contributed by atoms with Crippen molar-refractivity contribution in [2.45, 2.75) is 57.1 Å². The number of nitrogens with one attached hydrogen (secondary N) is 1. The topological polar surface area (TPSA) is 86.8 Å². The van der Waals surface area contributed by atoms with Gasteiger partial charge in [-0.25, -0.2) is 8.42 Å². The number of para-hydroxylation sites is 1. The van der Waals surface area contributed by atoms with Gasteiger partial charge in [0, 0.05) is 24.0 Å². The van der Waals surface area contributed by atoms with Gasteiger partial charge in [-0.1, -0.05) is 97.4 Å². The molecule has 7 nitrogen and oxygen atoms in total. The van der Waals surface area contributed by atoms with Crippen molar-refractivity contribution in [1.82, 2.24) is 10.2 Å².